The van der Waals surface area contributed by atoms with Crippen LogP contribution in [0.2, 0.25) is 0 Å². The average Bonchev–Trinajstić information content (AvgIpc) is 3.00. The Morgan fingerprint density at radius 2 is 2.29 bits per heavy atom. The quantitative estimate of drug-likeness (QED) is 0.599. The van der Waals surface area contributed by atoms with Gasteiger partial charge in [0.1, 0.15) is 10.8 Å². The van der Waals surface area contributed by atoms with Gasteiger partial charge >= 0.3 is 0 Å². The number of hydrogen-bond donors (Lipinski definition) is 1. The Morgan fingerprint density at radius 1 is 1.46 bits per heavy atom. The van der Waals surface area contributed by atoms with Crippen molar-refractivity contribution in [2.45, 2.75) is 13.3 Å². The fraction of sp³-hybridized carbons (Fsp3) is 0.250. The summed E-state index contributed by atoms with van der Waals surface area (Å²) in [5, 5.41) is 16.1. The molecular formula is C16H15BrN4O2S. The number of thioether (sulfide) groups is 1. The van der Waals surface area contributed by atoms with Gasteiger partial charge in [0.05, 0.1) is 12.2 Å². The molecule has 124 valence electrons. The maximum Gasteiger partial charge on any atom is 0.283 e. The summed E-state index contributed by atoms with van der Waals surface area (Å²) in [6.07, 6.45) is 2.39. The van der Waals surface area contributed by atoms with Crippen molar-refractivity contribution in [1.82, 2.24) is 5.01 Å². The summed E-state index contributed by atoms with van der Waals surface area (Å²) in [6, 6.07) is 7.38. The number of carbonyl (C=O) groups is 1. The lowest BCUT2D eigenvalue weighted by Gasteiger charge is -2.20. The largest absolute Gasteiger partial charge is 0.493 e. The molecule has 1 aromatic carbocycles. The topological polar surface area (TPSA) is 78.1 Å². The van der Waals surface area contributed by atoms with Crippen LogP contribution in [0.3, 0.4) is 0 Å². The molecule has 0 saturated heterocycles. The number of amides is 1. The molecule has 1 N–H and O–H groups in total. The minimum Gasteiger partial charge on any atom is -0.493 e. The summed E-state index contributed by atoms with van der Waals surface area (Å²) in [7, 11) is 0. The van der Waals surface area contributed by atoms with E-state index in [1.54, 1.807) is 6.08 Å². The van der Waals surface area contributed by atoms with Crippen molar-refractivity contribution in [3.8, 4) is 5.75 Å². The Kier molecular flexibility index (Phi) is 5.15. The monoisotopic (exact) mass is 406 g/mol. The molecule has 2 heterocycles. The lowest BCUT2D eigenvalue weighted by Crippen LogP contribution is -2.35. The fourth-order valence-electron chi connectivity index (χ4n) is 2.19. The number of ether oxygens (including phenoxy) is 1. The van der Waals surface area contributed by atoms with Gasteiger partial charge in [-0.05, 0) is 42.0 Å². The Bertz CT molecular complexity index is 788. The van der Waals surface area contributed by atoms with E-state index >= 15 is 0 Å². The predicted octanol–water partition coefficient (Wildman–Crippen LogP) is 3.49. The molecular weight excluding hydrogens is 392 g/mol. The van der Waals surface area contributed by atoms with Crippen LogP contribution in [0.1, 0.15) is 18.9 Å². The van der Waals surface area contributed by atoms with Crippen LogP contribution in [-0.4, -0.2) is 38.9 Å². The molecule has 8 heteroatoms. The van der Waals surface area contributed by atoms with Gasteiger partial charge in [-0.15, -0.1) is 0 Å². The van der Waals surface area contributed by atoms with Crippen LogP contribution in [0.4, 0.5) is 0 Å². The standard InChI is InChI=1S/C16H15BrN4O2S/c1-2-13-20-21-14(18)12(15(22)19-16(21)24-13)9-10-4-3-5-11(8-10)23-7-6-17/h3-5,8-9,18H,2,6-7H2,1H3. The zero-order valence-electron chi connectivity index (χ0n) is 13.0. The van der Waals surface area contributed by atoms with Crippen molar-refractivity contribution in [1.29, 1.82) is 5.41 Å². The number of halogens is 1. The highest BCUT2D eigenvalue weighted by atomic mass is 79.9. The summed E-state index contributed by atoms with van der Waals surface area (Å²) >= 11 is 4.65. The Hall–Kier alpha value is -1.93. The molecule has 0 unspecified atom stereocenters. The van der Waals surface area contributed by atoms with Crippen molar-refractivity contribution < 1.29 is 9.53 Å². The molecule has 0 atom stereocenters. The normalized spacial score (nSPS) is 18.6. The van der Waals surface area contributed by atoms with Crippen molar-refractivity contribution in [3.63, 3.8) is 0 Å². The zero-order valence-corrected chi connectivity index (χ0v) is 15.4. The number of alkyl halides is 1. The first kappa shape index (κ1) is 16.9. The first-order chi connectivity index (χ1) is 11.6. The van der Waals surface area contributed by atoms with Gasteiger partial charge in [-0.25, -0.2) is 0 Å². The van der Waals surface area contributed by atoms with Crippen LogP contribution >= 0.6 is 27.7 Å². The Balaban J connectivity index is 1.89. The van der Waals surface area contributed by atoms with E-state index in [1.165, 1.54) is 16.8 Å². The second kappa shape index (κ2) is 7.31. The van der Waals surface area contributed by atoms with Crippen LogP contribution in [0.5, 0.6) is 5.75 Å². The minimum atomic E-state index is -0.418. The fourth-order valence-corrected chi connectivity index (χ4v) is 3.18. The van der Waals surface area contributed by atoms with E-state index in [1.807, 2.05) is 31.2 Å². The number of aliphatic imine (C=N–C) groups is 1. The SMILES string of the molecule is CCC1=NN2C(=N)C(=Cc3cccc(OCCBr)c3)C(=O)N=C2S1. The molecule has 0 saturated carbocycles. The lowest BCUT2D eigenvalue weighted by atomic mass is 10.1. The number of carbonyl (C=O) groups excluding carboxylic acids is 1. The van der Waals surface area contributed by atoms with E-state index in [-0.39, 0.29) is 11.4 Å². The van der Waals surface area contributed by atoms with E-state index in [0.717, 1.165) is 22.4 Å². The molecule has 0 radical (unpaired) electrons. The number of hydrazone groups is 1. The maximum absolute atomic E-state index is 12.3. The Labute approximate surface area is 152 Å². The molecule has 1 aromatic rings. The summed E-state index contributed by atoms with van der Waals surface area (Å²) in [5.41, 5.74) is 0.999. The van der Waals surface area contributed by atoms with E-state index in [9.17, 15) is 4.79 Å². The third kappa shape index (κ3) is 3.44. The van der Waals surface area contributed by atoms with Crippen LogP contribution in [-0.2, 0) is 4.79 Å². The maximum atomic E-state index is 12.3. The van der Waals surface area contributed by atoms with Gasteiger partial charge in [-0.1, -0.05) is 35.0 Å². The van der Waals surface area contributed by atoms with Crippen molar-refractivity contribution in [3.05, 3.63) is 35.4 Å². The summed E-state index contributed by atoms with van der Waals surface area (Å²) in [5.74, 6) is 0.344. The minimum absolute atomic E-state index is 0.0488. The molecule has 6 nitrogen and oxygen atoms in total. The summed E-state index contributed by atoms with van der Waals surface area (Å²) in [4.78, 5) is 16.3. The highest BCUT2D eigenvalue weighted by molar-refractivity contribution is 9.09. The number of fused-ring (bicyclic) bond motifs is 1. The van der Waals surface area contributed by atoms with Gasteiger partial charge < -0.3 is 4.74 Å². The van der Waals surface area contributed by atoms with Gasteiger partial charge in [0.15, 0.2) is 5.84 Å². The summed E-state index contributed by atoms with van der Waals surface area (Å²) in [6.45, 7) is 2.54. The van der Waals surface area contributed by atoms with Crippen LogP contribution in [0, 0.1) is 5.41 Å². The number of nitrogens with one attached hydrogen (secondary N) is 1. The first-order valence-electron chi connectivity index (χ1n) is 7.40. The van der Waals surface area contributed by atoms with E-state index in [0.29, 0.717) is 17.5 Å². The number of benzene rings is 1. The first-order valence-corrected chi connectivity index (χ1v) is 9.34. The van der Waals surface area contributed by atoms with E-state index in [4.69, 9.17) is 10.1 Å². The van der Waals surface area contributed by atoms with Gasteiger partial charge in [0.25, 0.3) is 5.91 Å². The molecule has 3 rings (SSSR count). The molecule has 0 bridgehead atoms. The second-order valence-electron chi connectivity index (χ2n) is 4.98. The average molecular weight is 407 g/mol. The second-order valence-corrected chi connectivity index (χ2v) is 6.81. The van der Waals surface area contributed by atoms with Gasteiger partial charge in [-0.2, -0.15) is 15.1 Å². The van der Waals surface area contributed by atoms with Gasteiger partial charge in [-0.3, -0.25) is 10.2 Å². The molecule has 2 aliphatic rings. The van der Waals surface area contributed by atoms with Crippen molar-refractivity contribution >= 4 is 55.7 Å². The number of nitrogens with zero attached hydrogens (tertiary/aromatic N) is 3. The Morgan fingerprint density at radius 3 is 3.04 bits per heavy atom. The van der Waals surface area contributed by atoms with Crippen LogP contribution in [0.25, 0.3) is 6.08 Å². The van der Waals surface area contributed by atoms with Crippen LogP contribution < -0.4 is 4.74 Å². The molecule has 24 heavy (non-hydrogen) atoms. The lowest BCUT2D eigenvalue weighted by molar-refractivity contribution is -0.114. The third-order valence-corrected chi connectivity index (χ3v) is 4.69. The third-order valence-electron chi connectivity index (χ3n) is 3.31. The van der Waals surface area contributed by atoms with Crippen molar-refractivity contribution in [2.75, 3.05) is 11.9 Å². The van der Waals surface area contributed by atoms with Crippen LogP contribution in [0.15, 0.2) is 39.9 Å². The number of hydrogen-bond acceptors (Lipinski definition) is 5. The smallest absolute Gasteiger partial charge is 0.283 e. The number of amidine groups is 2. The molecule has 0 aliphatic carbocycles. The molecule has 2 aliphatic heterocycles. The highest BCUT2D eigenvalue weighted by Gasteiger charge is 2.34. The molecule has 1 amide bonds. The van der Waals surface area contributed by atoms with Crippen molar-refractivity contribution in [2.24, 2.45) is 10.1 Å². The van der Waals surface area contributed by atoms with Gasteiger partial charge in [0, 0.05) is 5.33 Å². The predicted molar refractivity (Wildman–Crippen MR) is 101 cm³/mol. The number of rotatable bonds is 5. The van der Waals surface area contributed by atoms with Gasteiger partial charge in [0.2, 0.25) is 5.17 Å². The van der Waals surface area contributed by atoms with E-state index < -0.39 is 5.91 Å². The van der Waals surface area contributed by atoms with E-state index in [2.05, 4.69) is 26.0 Å². The molecule has 0 fully saturated rings. The zero-order chi connectivity index (χ0) is 17.1. The molecule has 0 spiro atoms. The molecule has 0 aromatic heterocycles. The highest BCUT2D eigenvalue weighted by Crippen LogP contribution is 2.29. The summed E-state index contributed by atoms with van der Waals surface area (Å²) < 4.78 is 5.56.